The van der Waals surface area contributed by atoms with Gasteiger partial charge >= 0.3 is 11.7 Å². The number of aliphatic hydroxyl groups excluding tert-OH is 2. The third-order valence-electron chi connectivity index (χ3n) is 3.84. The number of ether oxygens (including phenoxy) is 2. The number of carbonyl (C=O) groups is 1. The predicted molar refractivity (Wildman–Crippen MR) is 82.6 cm³/mol. The van der Waals surface area contributed by atoms with Crippen molar-refractivity contribution in [2.45, 2.75) is 44.4 Å². The summed E-state index contributed by atoms with van der Waals surface area (Å²) in [7, 11) is 0. The standard InChI is InChI=1S/C14H22N4O6/c1-6(2)9(16)13(21)23-5-7-10(19)11(20)12(24-7)18-4-3-8(15)17-14(18)22/h3-4,6-7,9-12,19-20H,5,16H2,1-2H3,(H2,15,17,22)/t7-,9+,10-,11+,12-/m1/s1. The van der Waals surface area contributed by atoms with E-state index in [-0.39, 0.29) is 18.3 Å². The van der Waals surface area contributed by atoms with E-state index >= 15 is 0 Å². The van der Waals surface area contributed by atoms with Crippen LogP contribution in [0.15, 0.2) is 17.1 Å². The highest BCUT2D eigenvalue weighted by Gasteiger charge is 2.44. The Kier molecular flexibility index (Phi) is 5.54. The summed E-state index contributed by atoms with van der Waals surface area (Å²) < 4.78 is 11.5. The van der Waals surface area contributed by atoms with Gasteiger partial charge in [0.1, 0.15) is 36.8 Å². The molecule has 1 aliphatic heterocycles. The van der Waals surface area contributed by atoms with Crippen LogP contribution in [-0.2, 0) is 14.3 Å². The van der Waals surface area contributed by atoms with Gasteiger partial charge in [0, 0.05) is 6.20 Å². The molecule has 0 amide bonds. The van der Waals surface area contributed by atoms with Crippen LogP contribution in [0.1, 0.15) is 20.1 Å². The van der Waals surface area contributed by atoms with Crippen molar-refractivity contribution in [3.63, 3.8) is 0 Å². The van der Waals surface area contributed by atoms with E-state index < -0.39 is 42.2 Å². The number of aliphatic hydroxyl groups is 2. The smallest absolute Gasteiger partial charge is 0.351 e. The summed E-state index contributed by atoms with van der Waals surface area (Å²) in [5.41, 5.74) is 10.3. The molecule has 2 rings (SSSR count). The van der Waals surface area contributed by atoms with Crippen LogP contribution in [0, 0.1) is 5.92 Å². The van der Waals surface area contributed by atoms with Crippen molar-refractivity contribution >= 4 is 11.8 Å². The van der Waals surface area contributed by atoms with Gasteiger partial charge in [0.25, 0.3) is 0 Å². The maximum absolute atomic E-state index is 11.8. The quantitative estimate of drug-likeness (QED) is 0.442. The average Bonchev–Trinajstić information content (AvgIpc) is 2.80. The van der Waals surface area contributed by atoms with Crippen molar-refractivity contribution in [3.8, 4) is 0 Å². The lowest BCUT2D eigenvalue weighted by Crippen LogP contribution is -2.40. The summed E-state index contributed by atoms with van der Waals surface area (Å²) in [6.07, 6.45) is -3.60. The van der Waals surface area contributed by atoms with Gasteiger partial charge in [-0.1, -0.05) is 13.8 Å². The second kappa shape index (κ2) is 7.26. The molecule has 10 heteroatoms. The molecule has 2 heterocycles. The van der Waals surface area contributed by atoms with Crippen LogP contribution in [0.5, 0.6) is 0 Å². The van der Waals surface area contributed by atoms with Crippen LogP contribution < -0.4 is 17.2 Å². The van der Waals surface area contributed by atoms with Crippen molar-refractivity contribution in [1.82, 2.24) is 9.55 Å². The molecule has 1 saturated heterocycles. The van der Waals surface area contributed by atoms with E-state index in [9.17, 15) is 19.8 Å². The molecule has 6 N–H and O–H groups in total. The van der Waals surface area contributed by atoms with Crippen LogP contribution in [0.4, 0.5) is 5.82 Å². The van der Waals surface area contributed by atoms with Crippen molar-refractivity contribution < 1.29 is 24.5 Å². The zero-order valence-corrected chi connectivity index (χ0v) is 13.4. The molecular formula is C14H22N4O6. The molecule has 0 spiro atoms. The number of anilines is 1. The number of aromatic nitrogens is 2. The largest absolute Gasteiger partial charge is 0.462 e. The van der Waals surface area contributed by atoms with Gasteiger partial charge < -0.3 is 31.2 Å². The first-order chi connectivity index (χ1) is 11.2. The normalized spacial score (nSPS) is 28.1. The molecule has 134 valence electrons. The molecule has 0 radical (unpaired) electrons. The Hall–Kier alpha value is -2.01. The summed E-state index contributed by atoms with van der Waals surface area (Å²) in [4.78, 5) is 27.1. The molecule has 10 nitrogen and oxygen atoms in total. The van der Waals surface area contributed by atoms with Crippen molar-refractivity contribution in [3.05, 3.63) is 22.7 Å². The second-order valence-electron chi connectivity index (χ2n) is 5.99. The predicted octanol–water partition coefficient (Wildman–Crippen LogP) is -2.03. The van der Waals surface area contributed by atoms with Crippen LogP contribution in [0.25, 0.3) is 0 Å². The minimum absolute atomic E-state index is 0.0254. The van der Waals surface area contributed by atoms with Gasteiger partial charge in [-0.25, -0.2) is 4.79 Å². The third kappa shape index (κ3) is 3.73. The molecule has 0 unspecified atom stereocenters. The summed E-state index contributed by atoms with van der Waals surface area (Å²) in [5.74, 6) is -0.716. The summed E-state index contributed by atoms with van der Waals surface area (Å²) in [6, 6.07) is 0.562. The van der Waals surface area contributed by atoms with Crippen LogP contribution in [0.3, 0.4) is 0 Å². The first-order valence-corrected chi connectivity index (χ1v) is 7.51. The highest BCUT2D eigenvalue weighted by Crippen LogP contribution is 2.28. The van der Waals surface area contributed by atoms with E-state index in [0.717, 1.165) is 4.57 Å². The van der Waals surface area contributed by atoms with Crippen molar-refractivity contribution in [2.24, 2.45) is 11.7 Å². The molecule has 0 aliphatic carbocycles. The second-order valence-corrected chi connectivity index (χ2v) is 5.99. The Morgan fingerprint density at radius 2 is 2.12 bits per heavy atom. The Morgan fingerprint density at radius 3 is 2.71 bits per heavy atom. The monoisotopic (exact) mass is 342 g/mol. The highest BCUT2D eigenvalue weighted by molar-refractivity contribution is 5.75. The first-order valence-electron chi connectivity index (χ1n) is 7.51. The van der Waals surface area contributed by atoms with Crippen LogP contribution in [-0.4, -0.2) is 56.7 Å². The van der Waals surface area contributed by atoms with Gasteiger partial charge in [-0.05, 0) is 12.0 Å². The molecule has 1 aromatic rings. The van der Waals surface area contributed by atoms with E-state index in [0.29, 0.717) is 0 Å². The zero-order chi connectivity index (χ0) is 18.0. The maximum atomic E-state index is 11.8. The zero-order valence-electron chi connectivity index (χ0n) is 13.4. The number of nitrogens with two attached hydrogens (primary N) is 2. The third-order valence-corrected chi connectivity index (χ3v) is 3.84. The van der Waals surface area contributed by atoms with Crippen molar-refractivity contribution in [1.29, 1.82) is 0 Å². The molecule has 1 aliphatic rings. The number of hydrogen-bond acceptors (Lipinski definition) is 9. The minimum atomic E-state index is -1.39. The number of rotatable bonds is 5. The number of hydrogen-bond donors (Lipinski definition) is 4. The molecule has 0 saturated carbocycles. The van der Waals surface area contributed by atoms with E-state index in [1.807, 2.05) is 0 Å². The van der Waals surface area contributed by atoms with E-state index in [4.69, 9.17) is 20.9 Å². The lowest BCUT2D eigenvalue weighted by molar-refractivity contribution is -0.152. The van der Waals surface area contributed by atoms with Gasteiger partial charge in [-0.3, -0.25) is 9.36 Å². The number of nitrogen functional groups attached to an aromatic ring is 1. The Balaban J connectivity index is 2.05. The molecule has 0 bridgehead atoms. The maximum Gasteiger partial charge on any atom is 0.351 e. The highest BCUT2D eigenvalue weighted by atomic mass is 16.6. The first kappa shape index (κ1) is 18.3. The fraction of sp³-hybridized carbons (Fsp3) is 0.643. The average molecular weight is 342 g/mol. The lowest BCUT2D eigenvalue weighted by atomic mass is 10.1. The van der Waals surface area contributed by atoms with Gasteiger partial charge in [0.05, 0.1) is 0 Å². The Labute approximate surface area is 138 Å². The van der Waals surface area contributed by atoms with Crippen LogP contribution in [0.2, 0.25) is 0 Å². The Morgan fingerprint density at radius 1 is 1.46 bits per heavy atom. The topological polar surface area (TPSA) is 163 Å². The summed E-state index contributed by atoms with van der Waals surface area (Å²) in [6.45, 7) is 3.24. The minimum Gasteiger partial charge on any atom is -0.462 e. The molecule has 5 atom stereocenters. The van der Waals surface area contributed by atoms with E-state index in [1.54, 1.807) is 13.8 Å². The summed E-state index contributed by atoms with van der Waals surface area (Å²) >= 11 is 0. The van der Waals surface area contributed by atoms with E-state index in [1.165, 1.54) is 12.3 Å². The fourth-order valence-electron chi connectivity index (χ4n) is 2.25. The molecule has 24 heavy (non-hydrogen) atoms. The molecule has 1 aromatic heterocycles. The lowest BCUT2D eigenvalue weighted by Gasteiger charge is -2.18. The fourth-order valence-corrected chi connectivity index (χ4v) is 2.25. The van der Waals surface area contributed by atoms with E-state index in [2.05, 4.69) is 4.98 Å². The number of nitrogens with zero attached hydrogens (tertiary/aromatic N) is 2. The molecular weight excluding hydrogens is 320 g/mol. The SMILES string of the molecule is CC(C)[C@H](N)C(=O)OC[C@H]1O[C@@H](n2ccc(N)nc2=O)[C@@H](O)[C@@H]1O. The van der Waals surface area contributed by atoms with Gasteiger partial charge in [0.15, 0.2) is 6.23 Å². The van der Waals surface area contributed by atoms with Crippen LogP contribution >= 0.6 is 0 Å². The van der Waals surface area contributed by atoms with Gasteiger partial charge in [-0.2, -0.15) is 4.98 Å². The van der Waals surface area contributed by atoms with Gasteiger partial charge in [-0.15, -0.1) is 0 Å². The molecule has 0 aromatic carbocycles. The molecule has 1 fully saturated rings. The Bertz CT molecular complexity index is 648. The van der Waals surface area contributed by atoms with Crippen molar-refractivity contribution in [2.75, 3.05) is 12.3 Å². The number of carbonyl (C=O) groups excluding carboxylic acids is 1. The van der Waals surface area contributed by atoms with Gasteiger partial charge in [0.2, 0.25) is 0 Å². The summed E-state index contributed by atoms with van der Waals surface area (Å²) in [5, 5.41) is 20.1. The number of esters is 1.